The third-order valence-corrected chi connectivity index (χ3v) is 19.7. The summed E-state index contributed by atoms with van der Waals surface area (Å²) in [6, 6.07) is -0.914. The molecule has 272 valence electrons. The summed E-state index contributed by atoms with van der Waals surface area (Å²) in [7, 11) is -8.50. The number of urea groups is 1. The molecule has 2 aliphatic heterocycles. The van der Waals surface area contributed by atoms with Crippen LogP contribution in [0.1, 0.15) is 60.3 Å². The normalized spacial score (nSPS) is 24.4. The summed E-state index contributed by atoms with van der Waals surface area (Å²) >= 11 is 0. The van der Waals surface area contributed by atoms with Crippen LogP contribution in [0.15, 0.2) is 26.9 Å². The molecule has 0 saturated carbocycles. The number of carbonyl (C=O) groups is 2. The molecule has 2 aliphatic rings. The number of esters is 1. The number of nitrogens with zero attached hydrogens (tertiary/aromatic N) is 2. The second kappa shape index (κ2) is 13.6. The fourth-order valence-corrected chi connectivity index (χ4v) is 8.40. The number of aryl methyl sites for hydroxylation is 1. The highest BCUT2D eigenvalue weighted by Crippen LogP contribution is 2.52. The summed E-state index contributed by atoms with van der Waals surface area (Å²) < 4.78 is 59.9. The Balaban J connectivity index is 2.30. The summed E-state index contributed by atoms with van der Waals surface area (Å²) in [5.74, 6) is -0.694. The van der Waals surface area contributed by atoms with Crippen molar-refractivity contribution in [2.24, 2.45) is 7.05 Å². The first kappa shape index (κ1) is 39.8. The number of carbonyl (C=O) groups excluding carboxylic acids is 2. The topological polar surface area (TPSA) is 182 Å². The molecule has 0 radical (unpaired) electrons. The van der Waals surface area contributed by atoms with E-state index in [0.717, 1.165) is 9.98 Å². The van der Waals surface area contributed by atoms with E-state index < -0.39 is 85.6 Å². The predicted molar refractivity (Wildman–Crippen MR) is 184 cm³/mol. The SMILES string of the molecule is CCOC(=O)CNC(=O)NC1=CS(=O)(=O)O[C@@]12[C@@H](CO[Si](C)(C)C(C)(C)C)O[C@@H](n1cc(C)c(=O)n(C)c1=O)[C@@H]2O[Si](C)(C)C(C)(C)C. The van der Waals surface area contributed by atoms with Gasteiger partial charge in [-0.05, 0) is 50.1 Å². The molecule has 0 aliphatic carbocycles. The van der Waals surface area contributed by atoms with Gasteiger partial charge in [0.2, 0.25) is 0 Å². The van der Waals surface area contributed by atoms with E-state index in [1.807, 2.05) is 67.7 Å². The van der Waals surface area contributed by atoms with Crippen molar-refractivity contribution in [3.63, 3.8) is 0 Å². The molecule has 0 bridgehead atoms. The van der Waals surface area contributed by atoms with Crippen LogP contribution in [-0.4, -0.2) is 83.8 Å². The molecule has 1 saturated heterocycles. The Morgan fingerprint density at radius 3 is 2.17 bits per heavy atom. The van der Waals surface area contributed by atoms with E-state index in [2.05, 4.69) is 10.6 Å². The average molecular weight is 733 g/mol. The molecule has 18 heteroatoms. The smallest absolute Gasteiger partial charge is 0.332 e. The third-order valence-electron chi connectivity index (χ3n) is 9.73. The molecule has 2 N–H and O–H groups in total. The zero-order valence-electron chi connectivity index (χ0n) is 30.3. The van der Waals surface area contributed by atoms with Crippen molar-refractivity contribution in [1.29, 1.82) is 0 Å². The Hall–Kier alpha value is -2.62. The van der Waals surface area contributed by atoms with Crippen LogP contribution >= 0.6 is 0 Å². The van der Waals surface area contributed by atoms with Crippen molar-refractivity contribution in [1.82, 2.24) is 19.8 Å². The van der Waals surface area contributed by atoms with Gasteiger partial charge in [-0.2, -0.15) is 8.42 Å². The summed E-state index contributed by atoms with van der Waals surface area (Å²) in [6.45, 7) is 22.6. The number of rotatable bonds is 10. The Morgan fingerprint density at radius 1 is 1.04 bits per heavy atom. The number of hydrogen-bond acceptors (Lipinski definition) is 11. The second-order valence-electron chi connectivity index (χ2n) is 15.3. The van der Waals surface area contributed by atoms with Gasteiger partial charge in [-0.3, -0.25) is 18.7 Å². The molecule has 3 heterocycles. The Bertz CT molecular complexity index is 1670. The lowest BCUT2D eigenvalue weighted by molar-refractivity contribution is -0.141. The largest absolute Gasteiger partial charge is 0.465 e. The fourth-order valence-electron chi connectivity index (χ4n) is 4.86. The molecular weight excluding hydrogens is 681 g/mol. The summed E-state index contributed by atoms with van der Waals surface area (Å²) in [4.78, 5) is 51.5. The van der Waals surface area contributed by atoms with Crippen molar-refractivity contribution in [2.75, 3.05) is 19.8 Å². The lowest BCUT2D eigenvalue weighted by Gasteiger charge is -2.44. The van der Waals surface area contributed by atoms with Crippen molar-refractivity contribution >= 4 is 38.8 Å². The monoisotopic (exact) mass is 732 g/mol. The van der Waals surface area contributed by atoms with Crippen LogP contribution in [0, 0.1) is 6.92 Å². The van der Waals surface area contributed by atoms with E-state index in [0.29, 0.717) is 0 Å². The fraction of sp³-hybridized carbons (Fsp3) is 0.733. The molecule has 1 spiro atoms. The van der Waals surface area contributed by atoms with Gasteiger partial charge >= 0.3 is 17.7 Å². The first-order chi connectivity index (χ1) is 21.7. The van der Waals surface area contributed by atoms with Crippen molar-refractivity contribution in [3.05, 3.63) is 43.7 Å². The summed E-state index contributed by atoms with van der Waals surface area (Å²) in [5, 5.41) is 5.06. The first-order valence-electron chi connectivity index (χ1n) is 15.8. The number of ether oxygens (including phenoxy) is 2. The number of aromatic nitrogens is 2. The zero-order chi connectivity index (χ0) is 36.8. The standard InChI is InChI=1S/C30H52N4O11SSi2/c1-14-41-22(35)15-31-26(37)32-20-18-46(39,40)45-30(20)21(17-42-47(10,11)28(3,4)5)43-25(23(30)44-48(12,13)29(6,7)8)34-16-19(2)24(36)33(9)27(34)38/h16,18,21,23,25H,14-15,17H2,1-13H3,(H2,31,32,37)/t21-,23+,25-,30-/m1/s1. The highest BCUT2D eigenvalue weighted by atomic mass is 32.2. The van der Waals surface area contributed by atoms with E-state index >= 15 is 0 Å². The molecule has 4 atom stereocenters. The molecule has 0 aromatic carbocycles. The van der Waals surface area contributed by atoms with Crippen molar-refractivity contribution in [3.8, 4) is 0 Å². The Kier molecular flexibility index (Phi) is 11.3. The summed E-state index contributed by atoms with van der Waals surface area (Å²) in [6.07, 6.45) is -2.58. The van der Waals surface area contributed by atoms with Crippen LogP contribution in [0.4, 0.5) is 4.79 Å². The average Bonchev–Trinajstić information content (AvgIpc) is 3.37. The van der Waals surface area contributed by atoms with E-state index in [1.54, 1.807) is 13.8 Å². The molecule has 15 nitrogen and oxygen atoms in total. The van der Waals surface area contributed by atoms with Gasteiger partial charge in [0.25, 0.3) is 15.7 Å². The molecule has 0 unspecified atom stereocenters. The van der Waals surface area contributed by atoms with E-state index in [9.17, 15) is 27.6 Å². The van der Waals surface area contributed by atoms with Gasteiger partial charge in [0.1, 0.15) is 18.8 Å². The van der Waals surface area contributed by atoms with Crippen LogP contribution in [0.5, 0.6) is 0 Å². The maximum atomic E-state index is 13.7. The zero-order valence-corrected chi connectivity index (χ0v) is 33.1. The van der Waals surface area contributed by atoms with Crippen LogP contribution < -0.4 is 21.9 Å². The molecule has 48 heavy (non-hydrogen) atoms. The maximum absolute atomic E-state index is 13.7. The second-order valence-corrected chi connectivity index (χ2v) is 26.2. The van der Waals surface area contributed by atoms with Crippen LogP contribution in [0.25, 0.3) is 0 Å². The van der Waals surface area contributed by atoms with Gasteiger partial charge in [0.05, 0.1) is 24.3 Å². The highest BCUT2D eigenvalue weighted by Gasteiger charge is 2.68. The van der Waals surface area contributed by atoms with Gasteiger partial charge in [-0.1, -0.05) is 41.5 Å². The van der Waals surface area contributed by atoms with E-state index in [4.69, 9.17) is 22.5 Å². The number of nitrogens with one attached hydrogen (secondary N) is 2. The van der Waals surface area contributed by atoms with Crippen LogP contribution in [0.2, 0.25) is 36.3 Å². The van der Waals surface area contributed by atoms with Gasteiger partial charge in [-0.15, -0.1) is 0 Å². The third kappa shape index (κ3) is 7.89. The van der Waals surface area contributed by atoms with Crippen molar-refractivity contribution in [2.45, 2.75) is 116 Å². The quantitative estimate of drug-likeness (QED) is 0.205. The number of amides is 2. The number of hydrogen-bond donors (Lipinski definition) is 2. The van der Waals surface area contributed by atoms with Gasteiger partial charge in [-0.25, -0.2) is 13.8 Å². The minimum Gasteiger partial charge on any atom is -0.465 e. The minimum atomic E-state index is -4.48. The lowest BCUT2D eigenvalue weighted by Crippen LogP contribution is -2.60. The molecule has 3 rings (SSSR count). The maximum Gasteiger partial charge on any atom is 0.332 e. The Morgan fingerprint density at radius 2 is 1.62 bits per heavy atom. The molecule has 1 aromatic rings. The molecule has 1 fully saturated rings. The van der Waals surface area contributed by atoms with E-state index in [1.165, 1.54) is 17.8 Å². The molecule has 1 aromatic heterocycles. The molecule has 2 amide bonds. The van der Waals surface area contributed by atoms with Crippen LogP contribution in [-0.2, 0) is 44.5 Å². The van der Waals surface area contributed by atoms with E-state index in [-0.39, 0.29) is 29.5 Å². The van der Waals surface area contributed by atoms with Gasteiger partial charge in [0, 0.05) is 18.8 Å². The van der Waals surface area contributed by atoms with Gasteiger partial charge < -0.3 is 29.0 Å². The Labute approximate surface area is 284 Å². The first-order valence-corrected chi connectivity index (χ1v) is 23.1. The predicted octanol–water partition coefficient (Wildman–Crippen LogP) is 2.97. The van der Waals surface area contributed by atoms with Crippen molar-refractivity contribution < 1.29 is 40.5 Å². The lowest BCUT2D eigenvalue weighted by atomic mass is 9.89. The van der Waals surface area contributed by atoms with Gasteiger partial charge in [0.15, 0.2) is 28.5 Å². The van der Waals surface area contributed by atoms with Crippen LogP contribution in [0.3, 0.4) is 0 Å². The highest BCUT2D eigenvalue weighted by molar-refractivity contribution is 7.90. The minimum absolute atomic E-state index is 0.105. The molecular formula is C30H52N4O11SSi2. The summed E-state index contributed by atoms with van der Waals surface area (Å²) in [5.41, 5.74) is -3.30.